The molecule has 6 heteroatoms. The maximum atomic E-state index is 12.4. The van der Waals surface area contributed by atoms with Gasteiger partial charge >= 0.3 is 0 Å². The summed E-state index contributed by atoms with van der Waals surface area (Å²) in [5, 5.41) is 9.11. The number of hydrogen-bond acceptors (Lipinski definition) is 4. The van der Waals surface area contributed by atoms with E-state index in [0.717, 1.165) is 21.5 Å². The van der Waals surface area contributed by atoms with Gasteiger partial charge in [-0.15, -0.1) is 0 Å². The zero-order chi connectivity index (χ0) is 19.3. The molecule has 0 saturated heterocycles. The highest BCUT2D eigenvalue weighted by molar-refractivity contribution is 6.06. The smallest absolute Gasteiger partial charge is 0.270 e. The monoisotopic (exact) mass is 370 g/mol. The first-order chi connectivity index (χ1) is 13.7. The summed E-state index contributed by atoms with van der Waals surface area (Å²) >= 11 is 0. The van der Waals surface area contributed by atoms with E-state index in [0.29, 0.717) is 24.5 Å². The molecule has 4 rings (SSSR count). The second-order valence-corrected chi connectivity index (χ2v) is 6.27. The third-order valence-corrected chi connectivity index (χ3v) is 4.47. The van der Waals surface area contributed by atoms with Crippen LogP contribution >= 0.6 is 0 Å². The molecule has 0 atom stereocenters. The van der Waals surface area contributed by atoms with E-state index < -0.39 is 0 Å². The van der Waals surface area contributed by atoms with Crippen LogP contribution in [0.15, 0.2) is 73.1 Å². The Labute approximate surface area is 161 Å². The van der Waals surface area contributed by atoms with Crippen molar-refractivity contribution in [2.75, 3.05) is 13.1 Å². The summed E-state index contributed by atoms with van der Waals surface area (Å²) in [5.41, 5.74) is 0.750. The summed E-state index contributed by atoms with van der Waals surface area (Å²) in [5.74, 6) is -0.538. The lowest BCUT2D eigenvalue weighted by Gasteiger charge is -2.09. The van der Waals surface area contributed by atoms with E-state index in [1.807, 2.05) is 60.7 Å². The van der Waals surface area contributed by atoms with Gasteiger partial charge in [-0.3, -0.25) is 19.6 Å². The van der Waals surface area contributed by atoms with Crippen LogP contribution in [0.25, 0.3) is 21.5 Å². The Morgan fingerprint density at radius 1 is 0.643 bits per heavy atom. The van der Waals surface area contributed by atoms with Crippen molar-refractivity contribution >= 4 is 33.4 Å². The summed E-state index contributed by atoms with van der Waals surface area (Å²) in [4.78, 5) is 33.3. The lowest BCUT2D eigenvalue weighted by Crippen LogP contribution is -2.35. The molecule has 0 fully saturated rings. The van der Waals surface area contributed by atoms with E-state index in [2.05, 4.69) is 20.6 Å². The van der Waals surface area contributed by atoms with E-state index in [1.54, 1.807) is 12.4 Å². The Morgan fingerprint density at radius 3 is 1.54 bits per heavy atom. The molecule has 2 N–H and O–H groups in total. The Kier molecular flexibility index (Phi) is 4.93. The van der Waals surface area contributed by atoms with Crippen molar-refractivity contribution in [1.82, 2.24) is 20.6 Å². The third-order valence-electron chi connectivity index (χ3n) is 4.47. The summed E-state index contributed by atoms with van der Waals surface area (Å²) < 4.78 is 0. The summed E-state index contributed by atoms with van der Waals surface area (Å²) in [6, 6.07) is 18.9. The molecule has 0 radical (unpaired) electrons. The second-order valence-electron chi connectivity index (χ2n) is 6.27. The van der Waals surface area contributed by atoms with Crippen molar-refractivity contribution in [3.05, 3.63) is 84.4 Å². The van der Waals surface area contributed by atoms with Crippen LogP contribution in [0.2, 0.25) is 0 Å². The molecule has 0 saturated carbocycles. The van der Waals surface area contributed by atoms with Gasteiger partial charge in [0, 0.05) is 36.3 Å². The van der Waals surface area contributed by atoms with Crippen molar-refractivity contribution in [3.63, 3.8) is 0 Å². The van der Waals surface area contributed by atoms with Crippen LogP contribution in [0.1, 0.15) is 21.0 Å². The van der Waals surface area contributed by atoms with E-state index in [1.165, 1.54) is 0 Å². The Hall–Kier alpha value is -3.80. The Bertz CT molecular complexity index is 1070. The van der Waals surface area contributed by atoms with Gasteiger partial charge in [0.2, 0.25) is 0 Å². The van der Waals surface area contributed by atoms with Gasteiger partial charge < -0.3 is 10.6 Å². The number of carbonyl (C=O) groups is 2. The molecule has 0 aliphatic carbocycles. The number of amides is 2. The minimum Gasteiger partial charge on any atom is -0.349 e. The zero-order valence-electron chi connectivity index (χ0n) is 15.1. The number of rotatable bonds is 5. The zero-order valence-corrected chi connectivity index (χ0v) is 15.1. The molecule has 138 valence electrons. The minimum absolute atomic E-state index is 0.269. The fourth-order valence-corrected chi connectivity index (χ4v) is 3.12. The molecule has 4 aromatic rings. The molecule has 0 unspecified atom stereocenters. The highest BCUT2D eigenvalue weighted by Crippen LogP contribution is 2.17. The number of aromatic nitrogens is 2. The van der Waals surface area contributed by atoms with Gasteiger partial charge in [0.1, 0.15) is 11.4 Å². The van der Waals surface area contributed by atoms with E-state index in [9.17, 15) is 9.59 Å². The maximum Gasteiger partial charge on any atom is 0.270 e. The first-order valence-corrected chi connectivity index (χ1v) is 8.98. The van der Waals surface area contributed by atoms with Crippen molar-refractivity contribution in [2.45, 2.75) is 0 Å². The molecule has 28 heavy (non-hydrogen) atoms. The Morgan fingerprint density at radius 2 is 1.07 bits per heavy atom. The quantitative estimate of drug-likeness (QED) is 0.529. The van der Waals surface area contributed by atoms with Crippen molar-refractivity contribution in [3.8, 4) is 0 Å². The largest absolute Gasteiger partial charge is 0.349 e. The second kappa shape index (κ2) is 7.84. The lowest BCUT2D eigenvalue weighted by atomic mass is 10.1. The standard InChI is InChI=1S/C22H18N4O2/c27-21(19-17-7-3-1-5-15(17)9-11-23-19)25-13-14-26-22(28)20-18-8-4-2-6-16(18)10-12-24-20/h1-12H,13-14H2,(H,25,27)(H,26,28). The number of carbonyl (C=O) groups excluding carboxylic acids is 2. The first kappa shape index (κ1) is 17.6. The van der Waals surface area contributed by atoms with Crippen molar-refractivity contribution < 1.29 is 9.59 Å². The van der Waals surface area contributed by atoms with Gasteiger partial charge in [-0.1, -0.05) is 48.5 Å². The molecule has 2 aromatic carbocycles. The van der Waals surface area contributed by atoms with Gasteiger partial charge in [0.15, 0.2) is 0 Å². The first-order valence-electron chi connectivity index (χ1n) is 8.98. The van der Waals surface area contributed by atoms with Gasteiger partial charge in [-0.05, 0) is 22.9 Å². The molecular formula is C22H18N4O2. The van der Waals surface area contributed by atoms with Gasteiger partial charge in [-0.2, -0.15) is 0 Å². The van der Waals surface area contributed by atoms with Gasteiger partial charge in [-0.25, -0.2) is 0 Å². The van der Waals surface area contributed by atoms with Crippen LogP contribution in [0, 0.1) is 0 Å². The summed E-state index contributed by atoms with van der Waals surface area (Å²) in [6.45, 7) is 0.584. The number of nitrogens with zero attached hydrogens (tertiary/aromatic N) is 2. The number of pyridine rings is 2. The number of benzene rings is 2. The van der Waals surface area contributed by atoms with Crippen LogP contribution in [0.3, 0.4) is 0 Å². The average molecular weight is 370 g/mol. The van der Waals surface area contributed by atoms with E-state index in [4.69, 9.17) is 0 Å². The maximum absolute atomic E-state index is 12.4. The highest BCUT2D eigenvalue weighted by Gasteiger charge is 2.13. The average Bonchev–Trinajstić information content (AvgIpc) is 2.75. The molecule has 2 amide bonds. The van der Waals surface area contributed by atoms with Crippen molar-refractivity contribution in [2.24, 2.45) is 0 Å². The SMILES string of the molecule is O=C(NCCNC(=O)c1nccc2ccccc12)c1nccc2ccccc12. The van der Waals surface area contributed by atoms with E-state index >= 15 is 0 Å². The molecular weight excluding hydrogens is 352 g/mol. The number of hydrogen-bond donors (Lipinski definition) is 2. The molecule has 2 heterocycles. The lowest BCUT2D eigenvalue weighted by molar-refractivity contribution is 0.0924. The predicted octanol–water partition coefficient (Wildman–Crippen LogP) is 2.94. The van der Waals surface area contributed by atoms with Crippen LogP contribution < -0.4 is 10.6 Å². The predicted molar refractivity (Wildman–Crippen MR) is 108 cm³/mol. The van der Waals surface area contributed by atoms with Crippen LogP contribution in [0.5, 0.6) is 0 Å². The fraction of sp³-hybridized carbons (Fsp3) is 0.0909. The number of nitrogens with one attached hydrogen (secondary N) is 2. The fourth-order valence-electron chi connectivity index (χ4n) is 3.12. The summed E-state index contributed by atoms with van der Waals surface area (Å²) in [6.07, 6.45) is 3.23. The van der Waals surface area contributed by atoms with Crippen LogP contribution in [-0.2, 0) is 0 Å². The summed E-state index contributed by atoms with van der Waals surface area (Å²) in [7, 11) is 0. The highest BCUT2D eigenvalue weighted by atomic mass is 16.2. The van der Waals surface area contributed by atoms with Crippen LogP contribution in [-0.4, -0.2) is 34.9 Å². The minimum atomic E-state index is -0.269. The Balaban J connectivity index is 1.38. The van der Waals surface area contributed by atoms with Gasteiger partial charge in [0.05, 0.1) is 0 Å². The molecule has 6 nitrogen and oxygen atoms in total. The van der Waals surface area contributed by atoms with Crippen molar-refractivity contribution in [1.29, 1.82) is 0 Å². The van der Waals surface area contributed by atoms with E-state index in [-0.39, 0.29) is 11.8 Å². The molecule has 0 bridgehead atoms. The molecule has 0 spiro atoms. The molecule has 0 aliphatic rings. The third kappa shape index (κ3) is 3.53. The topological polar surface area (TPSA) is 84.0 Å². The molecule has 2 aromatic heterocycles. The molecule has 0 aliphatic heterocycles. The van der Waals surface area contributed by atoms with Gasteiger partial charge in [0.25, 0.3) is 11.8 Å². The normalized spacial score (nSPS) is 10.7. The van der Waals surface area contributed by atoms with Crippen LogP contribution in [0.4, 0.5) is 0 Å². The number of fused-ring (bicyclic) bond motifs is 2.